The van der Waals surface area contributed by atoms with Crippen LogP contribution in [0.2, 0.25) is 0 Å². The first-order valence-corrected chi connectivity index (χ1v) is 14.0. The molecule has 2 aromatic carbocycles. The van der Waals surface area contributed by atoms with Gasteiger partial charge in [-0.2, -0.15) is 0 Å². The number of hydrogen-bond donors (Lipinski definition) is 1. The number of aromatic nitrogens is 2. The lowest BCUT2D eigenvalue weighted by atomic mass is 9.92. The lowest BCUT2D eigenvalue weighted by Gasteiger charge is -2.15. The minimum Gasteiger partial charge on any atom is -0.340 e. The summed E-state index contributed by atoms with van der Waals surface area (Å²) >= 11 is 0. The van der Waals surface area contributed by atoms with Crippen LogP contribution in [-0.2, 0) is 0 Å². The van der Waals surface area contributed by atoms with Gasteiger partial charge in [0, 0.05) is 16.8 Å². The van der Waals surface area contributed by atoms with E-state index in [4.69, 9.17) is 0 Å². The van der Waals surface area contributed by atoms with Crippen molar-refractivity contribution in [2.45, 2.75) is 88.5 Å². The number of rotatable bonds is 8. The minimum atomic E-state index is -0.316. The fourth-order valence-electron chi connectivity index (χ4n) is 3.35. The fraction of sp³-hybridized carbons (Fsp3) is 0.455. The summed E-state index contributed by atoms with van der Waals surface area (Å²) in [5.74, 6) is 2.30. The molecule has 5 heteroatoms. The maximum atomic E-state index is 13.2. The lowest BCUT2D eigenvalue weighted by molar-refractivity contribution is 0.367. The zero-order valence-electron chi connectivity index (χ0n) is 25.3. The second-order valence-electron chi connectivity index (χ2n) is 8.74. The monoisotopic (exact) mass is 525 g/mol. The van der Waals surface area contributed by atoms with Crippen LogP contribution in [-0.4, -0.2) is 9.97 Å². The molecule has 0 bridgehead atoms. The molecule has 0 saturated carbocycles. The van der Waals surface area contributed by atoms with Crippen LogP contribution in [0.25, 0.3) is 17.0 Å². The highest BCUT2D eigenvalue weighted by molar-refractivity contribution is 5.72. The van der Waals surface area contributed by atoms with E-state index in [2.05, 4.69) is 49.6 Å². The minimum absolute atomic E-state index is 0.304. The Hall–Kier alpha value is -3.08. The van der Waals surface area contributed by atoms with Crippen molar-refractivity contribution in [3.05, 3.63) is 78.0 Å². The first kappa shape index (κ1) is 34.9. The molecule has 1 N–H and O–H groups in total. The zero-order chi connectivity index (χ0) is 29.3. The third-order valence-electron chi connectivity index (χ3n) is 6.38. The van der Waals surface area contributed by atoms with Crippen LogP contribution in [0, 0.1) is 30.4 Å². The van der Waals surface area contributed by atoms with E-state index in [0.717, 1.165) is 35.1 Å². The molecule has 3 rings (SSSR count). The quantitative estimate of drug-likeness (QED) is 0.318. The van der Waals surface area contributed by atoms with Gasteiger partial charge in [0.1, 0.15) is 17.5 Å². The number of nitrogens with zero attached hydrogens (tertiary/aromatic N) is 2. The summed E-state index contributed by atoms with van der Waals surface area (Å²) in [6, 6.07) is 12.1. The third kappa shape index (κ3) is 11.1. The van der Waals surface area contributed by atoms with Crippen LogP contribution in [0.1, 0.15) is 92.8 Å². The Bertz CT molecular complexity index is 1050. The number of nitrogens with one attached hydrogen (secondary N) is 1. The van der Waals surface area contributed by atoms with Crippen molar-refractivity contribution in [1.29, 1.82) is 0 Å². The first-order valence-electron chi connectivity index (χ1n) is 14.0. The molecule has 1 heterocycles. The first-order chi connectivity index (χ1) is 18.2. The zero-order valence-corrected chi connectivity index (χ0v) is 25.3. The topological polar surface area (TPSA) is 37.8 Å². The largest absolute Gasteiger partial charge is 0.340 e. The highest BCUT2D eigenvalue weighted by Crippen LogP contribution is 2.29. The molecular formula is C33H49F2N3. The summed E-state index contributed by atoms with van der Waals surface area (Å²) in [5, 5.41) is 3.21. The van der Waals surface area contributed by atoms with E-state index < -0.39 is 0 Å². The molecule has 0 aliphatic carbocycles. The predicted octanol–water partition coefficient (Wildman–Crippen LogP) is 11.0. The molecule has 0 aliphatic heterocycles. The normalized spacial score (nSPS) is 11.4. The number of anilines is 2. The number of benzene rings is 2. The molecule has 0 amide bonds. The number of hydrogen-bond acceptors (Lipinski definition) is 3. The van der Waals surface area contributed by atoms with Crippen LogP contribution >= 0.6 is 0 Å². The Labute approximate surface area is 230 Å². The van der Waals surface area contributed by atoms with Gasteiger partial charge >= 0.3 is 0 Å². The van der Waals surface area contributed by atoms with Crippen LogP contribution in [0.3, 0.4) is 0 Å². The van der Waals surface area contributed by atoms with E-state index in [1.54, 1.807) is 24.3 Å². The molecule has 3 nitrogen and oxygen atoms in total. The van der Waals surface area contributed by atoms with Crippen molar-refractivity contribution in [2.75, 3.05) is 5.32 Å². The van der Waals surface area contributed by atoms with Crippen molar-refractivity contribution in [1.82, 2.24) is 9.97 Å². The summed E-state index contributed by atoms with van der Waals surface area (Å²) in [6.45, 7) is 25.2. The van der Waals surface area contributed by atoms with Crippen molar-refractivity contribution >= 4 is 17.1 Å². The van der Waals surface area contributed by atoms with Gasteiger partial charge in [0.15, 0.2) is 5.82 Å². The molecule has 3 aromatic rings. The van der Waals surface area contributed by atoms with Gasteiger partial charge in [-0.15, -0.1) is 0 Å². The molecule has 38 heavy (non-hydrogen) atoms. The number of halogens is 2. The molecule has 0 aliphatic rings. The van der Waals surface area contributed by atoms with Gasteiger partial charge in [-0.25, -0.2) is 18.7 Å². The van der Waals surface area contributed by atoms with Gasteiger partial charge in [0.2, 0.25) is 0 Å². The molecule has 210 valence electrons. The SMILES string of the molecule is C=C(CC)c1nc(-c2ccc(F)cc2)nc(Nc2ccc(F)cc2)c1C.CC.CC.CCC(C)[C@H](C)CC. The van der Waals surface area contributed by atoms with Crippen molar-refractivity contribution in [3.8, 4) is 11.4 Å². The lowest BCUT2D eigenvalue weighted by Crippen LogP contribution is -2.05. The summed E-state index contributed by atoms with van der Waals surface area (Å²) in [4.78, 5) is 9.21. The van der Waals surface area contributed by atoms with Gasteiger partial charge < -0.3 is 5.32 Å². The molecule has 0 spiro atoms. The Morgan fingerprint density at radius 2 is 1.24 bits per heavy atom. The standard InChI is InChI=1S/C21H19F2N3.C8H18.2C2H6/c1-4-13(2)19-14(3)20(24-18-11-9-17(23)10-12-18)26-21(25-19)15-5-7-16(22)8-6-15;1-5-7(3)8(4)6-2;2*1-2/h5-12H,2,4H2,1,3H3,(H,24,25,26);7-8H,5-6H2,1-4H3;2*1-2H3/t;7-,8?;;/m.1../s1. The van der Waals surface area contributed by atoms with Crippen LogP contribution in [0.15, 0.2) is 55.1 Å². The average molecular weight is 526 g/mol. The Kier molecular flexibility index (Phi) is 17.5. The van der Waals surface area contributed by atoms with Crippen LogP contribution in [0.4, 0.5) is 20.3 Å². The van der Waals surface area contributed by atoms with E-state index in [-0.39, 0.29) is 11.6 Å². The van der Waals surface area contributed by atoms with Crippen LogP contribution < -0.4 is 5.32 Å². The van der Waals surface area contributed by atoms with Gasteiger partial charge in [0.25, 0.3) is 0 Å². The van der Waals surface area contributed by atoms with Gasteiger partial charge in [-0.05, 0) is 79.3 Å². The maximum absolute atomic E-state index is 13.2. The molecule has 2 atom stereocenters. The van der Waals surface area contributed by atoms with E-state index in [1.165, 1.54) is 37.1 Å². The van der Waals surface area contributed by atoms with E-state index in [0.29, 0.717) is 22.9 Å². The summed E-state index contributed by atoms with van der Waals surface area (Å²) in [6.07, 6.45) is 3.40. The Morgan fingerprint density at radius 1 is 0.789 bits per heavy atom. The molecule has 0 saturated heterocycles. The van der Waals surface area contributed by atoms with Crippen molar-refractivity contribution < 1.29 is 8.78 Å². The Balaban J connectivity index is 0.000000970. The van der Waals surface area contributed by atoms with Gasteiger partial charge in [-0.1, -0.05) is 81.7 Å². The van der Waals surface area contributed by atoms with Crippen molar-refractivity contribution in [3.63, 3.8) is 0 Å². The summed E-state index contributed by atoms with van der Waals surface area (Å²) < 4.78 is 26.4. The third-order valence-corrected chi connectivity index (χ3v) is 6.38. The molecule has 0 fully saturated rings. The molecule has 1 unspecified atom stereocenters. The van der Waals surface area contributed by atoms with Gasteiger partial charge in [-0.3, -0.25) is 0 Å². The highest BCUT2D eigenvalue weighted by atomic mass is 19.1. The molecular weight excluding hydrogens is 476 g/mol. The molecule has 1 aromatic heterocycles. The molecule has 0 radical (unpaired) electrons. The van der Waals surface area contributed by atoms with E-state index in [1.807, 2.05) is 41.5 Å². The second kappa shape index (κ2) is 19.1. The average Bonchev–Trinajstić information content (AvgIpc) is 2.96. The maximum Gasteiger partial charge on any atom is 0.162 e. The highest BCUT2D eigenvalue weighted by Gasteiger charge is 2.14. The van der Waals surface area contributed by atoms with E-state index >= 15 is 0 Å². The van der Waals surface area contributed by atoms with E-state index in [9.17, 15) is 8.78 Å². The summed E-state index contributed by atoms with van der Waals surface area (Å²) in [5.41, 5.74) is 3.92. The number of allylic oxidation sites excluding steroid dienone is 1. The van der Waals surface area contributed by atoms with Gasteiger partial charge in [0.05, 0.1) is 5.69 Å². The van der Waals surface area contributed by atoms with Crippen LogP contribution in [0.5, 0.6) is 0 Å². The summed E-state index contributed by atoms with van der Waals surface area (Å²) in [7, 11) is 0. The smallest absolute Gasteiger partial charge is 0.162 e. The van der Waals surface area contributed by atoms with Crippen molar-refractivity contribution in [2.24, 2.45) is 11.8 Å². The Morgan fingerprint density at radius 3 is 1.66 bits per heavy atom. The predicted molar refractivity (Wildman–Crippen MR) is 163 cm³/mol. The fourth-order valence-corrected chi connectivity index (χ4v) is 3.35. The second-order valence-corrected chi connectivity index (χ2v) is 8.74.